The highest BCUT2D eigenvalue weighted by Crippen LogP contribution is 2.29. The van der Waals surface area contributed by atoms with E-state index in [4.69, 9.17) is 4.74 Å². The molecular formula is C32H32N4O5S. The molecule has 0 spiro atoms. The van der Waals surface area contributed by atoms with Gasteiger partial charge in [0.05, 0.1) is 28.9 Å². The van der Waals surface area contributed by atoms with E-state index in [1.807, 2.05) is 44.2 Å². The molecule has 0 saturated heterocycles. The number of anilines is 1. The molecule has 0 aliphatic carbocycles. The van der Waals surface area contributed by atoms with Crippen molar-refractivity contribution in [1.82, 2.24) is 10.7 Å². The predicted molar refractivity (Wildman–Crippen MR) is 163 cm³/mol. The van der Waals surface area contributed by atoms with Crippen molar-refractivity contribution in [2.75, 3.05) is 10.9 Å². The van der Waals surface area contributed by atoms with Crippen molar-refractivity contribution in [3.8, 4) is 5.75 Å². The molecule has 0 heterocycles. The van der Waals surface area contributed by atoms with Crippen LogP contribution >= 0.6 is 0 Å². The topological polar surface area (TPSA) is 117 Å². The van der Waals surface area contributed by atoms with Crippen LogP contribution in [-0.4, -0.2) is 39.1 Å². The number of carbonyl (C=O) groups is 2. The van der Waals surface area contributed by atoms with Crippen molar-refractivity contribution in [3.05, 3.63) is 126 Å². The number of rotatable bonds is 12. The molecule has 0 aromatic heterocycles. The third kappa shape index (κ3) is 8.05. The molecule has 0 atom stereocenters. The summed E-state index contributed by atoms with van der Waals surface area (Å²) in [7, 11) is -4.01. The molecule has 9 nitrogen and oxygen atoms in total. The van der Waals surface area contributed by atoms with Crippen LogP contribution in [0.25, 0.3) is 0 Å². The van der Waals surface area contributed by atoms with Crippen LogP contribution in [0.2, 0.25) is 0 Å². The fourth-order valence-corrected chi connectivity index (χ4v) is 5.53. The lowest BCUT2D eigenvalue weighted by molar-refractivity contribution is -0.123. The number of nitrogens with one attached hydrogen (secondary N) is 2. The number of amides is 2. The summed E-state index contributed by atoms with van der Waals surface area (Å²) in [5, 5.41) is 6.82. The summed E-state index contributed by atoms with van der Waals surface area (Å²) in [6, 6.07) is 30.7. The van der Waals surface area contributed by atoms with Crippen molar-refractivity contribution in [2.45, 2.75) is 31.3 Å². The van der Waals surface area contributed by atoms with E-state index in [-0.39, 0.29) is 41.2 Å². The van der Waals surface area contributed by atoms with Crippen molar-refractivity contribution in [1.29, 1.82) is 0 Å². The fourth-order valence-electron chi connectivity index (χ4n) is 4.04. The molecule has 216 valence electrons. The lowest BCUT2D eigenvalue weighted by Gasteiger charge is -2.26. The second kappa shape index (κ2) is 14.1. The Bertz CT molecular complexity index is 1620. The van der Waals surface area contributed by atoms with Gasteiger partial charge < -0.3 is 10.1 Å². The highest BCUT2D eigenvalue weighted by Gasteiger charge is 2.28. The van der Waals surface area contributed by atoms with Gasteiger partial charge >= 0.3 is 0 Å². The molecule has 0 aliphatic heterocycles. The maximum absolute atomic E-state index is 13.8. The van der Waals surface area contributed by atoms with Crippen molar-refractivity contribution >= 4 is 33.7 Å². The molecule has 4 rings (SSSR count). The molecule has 4 aromatic carbocycles. The van der Waals surface area contributed by atoms with E-state index < -0.39 is 15.9 Å². The van der Waals surface area contributed by atoms with E-state index >= 15 is 0 Å². The van der Waals surface area contributed by atoms with Gasteiger partial charge in [-0.1, -0.05) is 60.7 Å². The molecule has 0 saturated carbocycles. The SMILES string of the molecule is CC(C)NC(=O)COc1ccc(/C=N\NC(=O)c2ccccc2N(Cc2ccccc2)S(=O)(=O)c2ccccc2)cc1. The smallest absolute Gasteiger partial charge is 0.273 e. The maximum Gasteiger partial charge on any atom is 0.273 e. The highest BCUT2D eigenvalue weighted by molar-refractivity contribution is 7.92. The van der Waals surface area contributed by atoms with Crippen LogP contribution in [0.15, 0.2) is 119 Å². The fraction of sp³-hybridized carbons (Fsp3) is 0.156. The molecule has 0 unspecified atom stereocenters. The molecule has 2 amide bonds. The summed E-state index contributed by atoms with van der Waals surface area (Å²) < 4.78 is 34.3. The van der Waals surface area contributed by atoms with Crippen LogP contribution in [0, 0.1) is 0 Å². The van der Waals surface area contributed by atoms with E-state index in [1.54, 1.807) is 66.7 Å². The summed E-state index contributed by atoms with van der Waals surface area (Å²) in [4.78, 5) is 25.1. The van der Waals surface area contributed by atoms with Gasteiger partial charge in [-0.3, -0.25) is 13.9 Å². The first-order chi connectivity index (χ1) is 20.2. The number of hydrogen-bond donors (Lipinski definition) is 2. The minimum atomic E-state index is -4.01. The number of hydrazone groups is 1. The molecule has 42 heavy (non-hydrogen) atoms. The van der Waals surface area contributed by atoms with Crippen molar-refractivity contribution in [2.24, 2.45) is 5.10 Å². The van der Waals surface area contributed by atoms with Gasteiger partial charge in [0, 0.05) is 6.04 Å². The zero-order chi connectivity index (χ0) is 30.0. The number of benzene rings is 4. The molecular weight excluding hydrogens is 552 g/mol. The summed E-state index contributed by atoms with van der Waals surface area (Å²) >= 11 is 0. The first-order valence-electron chi connectivity index (χ1n) is 13.3. The third-order valence-electron chi connectivity index (χ3n) is 6.00. The zero-order valence-electron chi connectivity index (χ0n) is 23.3. The summed E-state index contributed by atoms with van der Waals surface area (Å²) in [6.07, 6.45) is 1.46. The monoisotopic (exact) mass is 584 g/mol. The van der Waals surface area contributed by atoms with E-state index in [9.17, 15) is 18.0 Å². The Hall–Kier alpha value is -4.96. The summed E-state index contributed by atoms with van der Waals surface area (Å²) in [5.41, 5.74) is 4.31. The normalized spacial score (nSPS) is 11.3. The Morgan fingerprint density at radius 1 is 0.857 bits per heavy atom. The lowest BCUT2D eigenvalue weighted by Crippen LogP contribution is -2.34. The molecule has 0 fully saturated rings. The molecule has 0 aliphatic rings. The second-order valence-electron chi connectivity index (χ2n) is 9.61. The Kier molecular flexibility index (Phi) is 10.1. The van der Waals surface area contributed by atoms with Crippen LogP contribution in [0.1, 0.15) is 35.3 Å². The molecule has 4 aromatic rings. The lowest BCUT2D eigenvalue weighted by atomic mass is 10.1. The average molecular weight is 585 g/mol. The van der Waals surface area contributed by atoms with Gasteiger partial charge in [0.1, 0.15) is 5.75 Å². The minimum Gasteiger partial charge on any atom is -0.484 e. The van der Waals surface area contributed by atoms with Gasteiger partial charge in [0.2, 0.25) is 0 Å². The standard InChI is InChI=1S/C32H32N4O5S/c1-24(2)34-31(37)23-41-27-19-17-25(18-20-27)21-33-35-32(38)29-15-9-10-16-30(29)36(22-26-11-5-3-6-12-26)42(39,40)28-13-7-4-8-14-28/h3-21,24H,22-23H2,1-2H3,(H,34,37)(H,35,38)/b33-21-. The molecule has 10 heteroatoms. The average Bonchev–Trinajstić information content (AvgIpc) is 3.00. The summed E-state index contributed by atoms with van der Waals surface area (Å²) in [6.45, 7) is 3.68. The Morgan fingerprint density at radius 3 is 2.14 bits per heavy atom. The van der Waals surface area contributed by atoms with Gasteiger partial charge in [-0.15, -0.1) is 0 Å². The van der Waals surface area contributed by atoms with Gasteiger partial charge in [0.15, 0.2) is 6.61 Å². The van der Waals surface area contributed by atoms with Crippen LogP contribution in [-0.2, 0) is 21.4 Å². The van der Waals surface area contributed by atoms with Gasteiger partial charge in [-0.2, -0.15) is 5.10 Å². The van der Waals surface area contributed by atoms with Crippen LogP contribution in [0.3, 0.4) is 0 Å². The Balaban J connectivity index is 1.51. The first-order valence-corrected chi connectivity index (χ1v) is 14.7. The molecule has 0 bridgehead atoms. The third-order valence-corrected chi connectivity index (χ3v) is 7.77. The number of hydrogen-bond acceptors (Lipinski definition) is 6. The Morgan fingerprint density at radius 2 is 1.48 bits per heavy atom. The minimum absolute atomic E-state index is 0.0270. The number of carbonyl (C=O) groups excluding carboxylic acids is 2. The highest BCUT2D eigenvalue weighted by atomic mass is 32.2. The largest absolute Gasteiger partial charge is 0.484 e. The van der Waals surface area contributed by atoms with Crippen LogP contribution < -0.4 is 19.8 Å². The van der Waals surface area contributed by atoms with E-state index in [2.05, 4.69) is 15.8 Å². The zero-order valence-corrected chi connectivity index (χ0v) is 24.1. The Labute approximate surface area is 245 Å². The quantitative estimate of drug-likeness (QED) is 0.184. The van der Waals surface area contributed by atoms with Crippen molar-refractivity contribution in [3.63, 3.8) is 0 Å². The number of ether oxygens (including phenoxy) is 1. The van der Waals surface area contributed by atoms with Gasteiger partial charge in [-0.05, 0) is 73.5 Å². The summed E-state index contributed by atoms with van der Waals surface area (Å²) in [5.74, 6) is -0.265. The molecule has 0 radical (unpaired) electrons. The van der Waals surface area contributed by atoms with E-state index in [1.165, 1.54) is 22.7 Å². The van der Waals surface area contributed by atoms with Gasteiger partial charge in [0.25, 0.3) is 21.8 Å². The second-order valence-corrected chi connectivity index (χ2v) is 11.5. The number of nitrogens with zero attached hydrogens (tertiary/aromatic N) is 2. The van der Waals surface area contributed by atoms with Crippen LogP contribution in [0.4, 0.5) is 5.69 Å². The first kappa shape index (κ1) is 30.0. The number of para-hydroxylation sites is 1. The molecule has 2 N–H and O–H groups in total. The number of sulfonamides is 1. The van der Waals surface area contributed by atoms with E-state index in [0.29, 0.717) is 11.3 Å². The van der Waals surface area contributed by atoms with E-state index in [0.717, 1.165) is 5.56 Å². The van der Waals surface area contributed by atoms with Crippen molar-refractivity contribution < 1.29 is 22.7 Å². The predicted octanol–water partition coefficient (Wildman–Crippen LogP) is 4.75. The van der Waals surface area contributed by atoms with Gasteiger partial charge in [-0.25, -0.2) is 13.8 Å². The maximum atomic E-state index is 13.8. The van der Waals surface area contributed by atoms with Crippen LogP contribution in [0.5, 0.6) is 5.75 Å².